The van der Waals surface area contributed by atoms with E-state index in [1.54, 1.807) is 12.1 Å². The number of fused-ring (bicyclic) bond motifs is 1. The zero-order chi connectivity index (χ0) is 12.6. The highest BCUT2D eigenvalue weighted by Crippen LogP contribution is 2.21. The number of carboxylic acid groups (broad SMARTS) is 1. The van der Waals surface area contributed by atoms with E-state index in [2.05, 4.69) is 4.98 Å². The van der Waals surface area contributed by atoms with Crippen molar-refractivity contribution in [1.82, 2.24) is 4.98 Å². The molecule has 2 rings (SSSR count). The maximum atomic E-state index is 11.5. The molecule has 0 fully saturated rings. The quantitative estimate of drug-likeness (QED) is 0.751. The molecule has 0 amide bonds. The molecule has 1 aromatic carbocycles. The molecule has 6 heteroatoms. The van der Waals surface area contributed by atoms with Crippen molar-refractivity contribution in [1.29, 1.82) is 0 Å². The topological polar surface area (TPSA) is 96.2 Å². The lowest BCUT2D eigenvalue weighted by molar-refractivity contribution is 0.0695. The number of rotatable bonds is 2. The van der Waals surface area contributed by atoms with Gasteiger partial charge in [-0.05, 0) is 23.8 Å². The van der Waals surface area contributed by atoms with E-state index < -0.39 is 11.5 Å². The Morgan fingerprint density at radius 1 is 1.41 bits per heavy atom. The summed E-state index contributed by atoms with van der Waals surface area (Å²) in [4.78, 5) is 24.9. The molecule has 0 saturated heterocycles. The number of carboxylic acids is 1. The van der Waals surface area contributed by atoms with Crippen LogP contribution in [0.5, 0.6) is 0 Å². The van der Waals surface area contributed by atoms with Gasteiger partial charge in [0.2, 0.25) is 0 Å². The van der Waals surface area contributed by atoms with E-state index in [0.29, 0.717) is 21.5 Å². The summed E-state index contributed by atoms with van der Waals surface area (Å²) < 4.78 is 0. The maximum absolute atomic E-state index is 11.5. The summed E-state index contributed by atoms with van der Waals surface area (Å²) in [6.45, 7) is 0.208. The van der Waals surface area contributed by atoms with Crippen LogP contribution in [-0.4, -0.2) is 16.1 Å². The molecule has 0 bridgehead atoms. The van der Waals surface area contributed by atoms with Crippen molar-refractivity contribution >= 4 is 28.5 Å². The average molecular weight is 253 g/mol. The number of aromatic nitrogens is 1. The molecule has 0 aliphatic rings. The van der Waals surface area contributed by atoms with Crippen molar-refractivity contribution in [3.8, 4) is 0 Å². The minimum atomic E-state index is -1.28. The maximum Gasteiger partial charge on any atom is 0.341 e. The SMILES string of the molecule is NCc1cc(Cl)cc2cc(C(=O)O)c(=O)[nH]c12. The predicted molar refractivity (Wildman–Crippen MR) is 64.4 cm³/mol. The molecule has 5 nitrogen and oxygen atoms in total. The first kappa shape index (κ1) is 11.6. The van der Waals surface area contributed by atoms with Gasteiger partial charge in [-0.3, -0.25) is 4.79 Å². The Bertz CT molecular complexity index is 664. The van der Waals surface area contributed by atoms with Crippen molar-refractivity contribution in [3.05, 3.63) is 44.7 Å². The lowest BCUT2D eigenvalue weighted by Gasteiger charge is -2.06. The van der Waals surface area contributed by atoms with Crippen LogP contribution in [0.2, 0.25) is 5.02 Å². The number of halogens is 1. The van der Waals surface area contributed by atoms with Crippen molar-refractivity contribution in [2.24, 2.45) is 5.73 Å². The zero-order valence-electron chi connectivity index (χ0n) is 8.66. The molecule has 0 atom stereocenters. The van der Waals surface area contributed by atoms with Gasteiger partial charge in [0.15, 0.2) is 0 Å². The third kappa shape index (κ3) is 2.02. The number of H-pyrrole nitrogens is 1. The highest BCUT2D eigenvalue weighted by molar-refractivity contribution is 6.31. The summed E-state index contributed by atoms with van der Waals surface area (Å²) in [5.74, 6) is -1.28. The van der Waals surface area contributed by atoms with Gasteiger partial charge >= 0.3 is 5.97 Å². The number of nitrogens with two attached hydrogens (primary N) is 1. The van der Waals surface area contributed by atoms with Gasteiger partial charge in [-0.15, -0.1) is 0 Å². The number of aromatic amines is 1. The van der Waals surface area contributed by atoms with Gasteiger partial charge in [0.1, 0.15) is 5.56 Å². The highest BCUT2D eigenvalue weighted by Gasteiger charge is 2.12. The summed E-state index contributed by atoms with van der Waals surface area (Å²) in [6.07, 6.45) is 0. The van der Waals surface area contributed by atoms with E-state index in [-0.39, 0.29) is 12.1 Å². The van der Waals surface area contributed by atoms with Crippen LogP contribution in [0, 0.1) is 0 Å². The molecule has 4 N–H and O–H groups in total. The Morgan fingerprint density at radius 3 is 2.71 bits per heavy atom. The summed E-state index contributed by atoms with van der Waals surface area (Å²) in [7, 11) is 0. The fraction of sp³-hybridized carbons (Fsp3) is 0.0909. The van der Waals surface area contributed by atoms with Crippen molar-refractivity contribution < 1.29 is 9.90 Å². The molecule has 0 spiro atoms. The molecule has 0 aliphatic heterocycles. The van der Waals surface area contributed by atoms with Gasteiger partial charge in [-0.1, -0.05) is 11.6 Å². The van der Waals surface area contributed by atoms with Crippen molar-refractivity contribution in [2.45, 2.75) is 6.54 Å². The standard InChI is InChI=1S/C11H9ClN2O3/c12-7-1-5-3-8(11(16)17)10(15)14-9(5)6(2-7)4-13/h1-3H,4,13H2,(H,14,15)(H,16,17). The van der Waals surface area contributed by atoms with Gasteiger partial charge in [0.05, 0.1) is 5.52 Å². The number of pyridine rings is 1. The van der Waals surface area contributed by atoms with Crippen LogP contribution >= 0.6 is 11.6 Å². The largest absolute Gasteiger partial charge is 0.477 e. The van der Waals surface area contributed by atoms with E-state index in [9.17, 15) is 9.59 Å². The summed E-state index contributed by atoms with van der Waals surface area (Å²) >= 11 is 5.88. The lowest BCUT2D eigenvalue weighted by atomic mass is 10.1. The molecule has 88 valence electrons. The first-order chi connectivity index (χ1) is 8.02. The second-order valence-electron chi connectivity index (χ2n) is 3.55. The molecule has 1 heterocycles. The van der Waals surface area contributed by atoms with Gasteiger partial charge < -0.3 is 15.8 Å². The van der Waals surface area contributed by atoms with E-state index in [0.717, 1.165) is 0 Å². The lowest BCUT2D eigenvalue weighted by Crippen LogP contribution is -2.17. The molecule has 2 aromatic rings. The van der Waals surface area contributed by atoms with Crippen LogP contribution in [0.25, 0.3) is 10.9 Å². The van der Waals surface area contributed by atoms with Crippen molar-refractivity contribution in [2.75, 3.05) is 0 Å². The number of hydrogen-bond acceptors (Lipinski definition) is 3. The van der Waals surface area contributed by atoms with Crippen LogP contribution in [0.1, 0.15) is 15.9 Å². The molecule has 0 radical (unpaired) electrons. The predicted octanol–water partition coefficient (Wildman–Crippen LogP) is 1.34. The minimum absolute atomic E-state index is 0.208. The van der Waals surface area contributed by atoms with Gasteiger partial charge in [-0.2, -0.15) is 0 Å². The molecule has 0 aliphatic carbocycles. The minimum Gasteiger partial charge on any atom is -0.477 e. The Labute approximate surface area is 101 Å². The number of aromatic carboxylic acids is 1. The van der Waals surface area contributed by atoms with E-state index in [1.807, 2.05) is 0 Å². The van der Waals surface area contributed by atoms with Crippen LogP contribution < -0.4 is 11.3 Å². The molecule has 17 heavy (non-hydrogen) atoms. The number of hydrogen-bond donors (Lipinski definition) is 3. The smallest absolute Gasteiger partial charge is 0.341 e. The monoisotopic (exact) mass is 252 g/mol. The third-order valence-electron chi connectivity index (χ3n) is 2.45. The van der Waals surface area contributed by atoms with E-state index >= 15 is 0 Å². The summed E-state index contributed by atoms with van der Waals surface area (Å²) in [5.41, 5.74) is 5.76. The highest BCUT2D eigenvalue weighted by atomic mass is 35.5. The number of benzene rings is 1. The molecular weight excluding hydrogens is 244 g/mol. The van der Waals surface area contributed by atoms with Gasteiger partial charge in [0, 0.05) is 17.0 Å². The summed E-state index contributed by atoms with van der Waals surface area (Å²) in [6, 6.07) is 4.51. The van der Waals surface area contributed by atoms with Crippen LogP contribution in [0.15, 0.2) is 23.0 Å². The third-order valence-corrected chi connectivity index (χ3v) is 2.67. The second-order valence-corrected chi connectivity index (χ2v) is 3.99. The normalized spacial score (nSPS) is 10.7. The fourth-order valence-corrected chi connectivity index (χ4v) is 1.92. The Balaban J connectivity index is 2.87. The average Bonchev–Trinajstić information content (AvgIpc) is 2.27. The molecular formula is C11H9ClN2O3. The zero-order valence-corrected chi connectivity index (χ0v) is 9.41. The van der Waals surface area contributed by atoms with Crippen LogP contribution in [0.3, 0.4) is 0 Å². The number of nitrogens with one attached hydrogen (secondary N) is 1. The van der Waals surface area contributed by atoms with Gasteiger partial charge in [0.25, 0.3) is 5.56 Å². The molecule has 0 unspecified atom stereocenters. The Morgan fingerprint density at radius 2 is 2.12 bits per heavy atom. The summed E-state index contributed by atoms with van der Waals surface area (Å²) in [5, 5.41) is 9.84. The second kappa shape index (κ2) is 4.20. The van der Waals surface area contributed by atoms with E-state index in [4.69, 9.17) is 22.4 Å². The fourth-order valence-electron chi connectivity index (χ4n) is 1.67. The van der Waals surface area contributed by atoms with Gasteiger partial charge in [-0.25, -0.2) is 4.79 Å². The Kier molecular flexibility index (Phi) is 2.87. The van der Waals surface area contributed by atoms with Crippen LogP contribution in [-0.2, 0) is 6.54 Å². The first-order valence-corrected chi connectivity index (χ1v) is 5.19. The Hall–Kier alpha value is -1.85. The van der Waals surface area contributed by atoms with E-state index in [1.165, 1.54) is 6.07 Å². The van der Waals surface area contributed by atoms with Crippen LogP contribution in [0.4, 0.5) is 0 Å². The van der Waals surface area contributed by atoms with Crippen molar-refractivity contribution in [3.63, 3.8) is 0 Å². The number of carbonyl (C=O) groups is 1. The molecule has 1 aromatic heterocycles. The first-order valence-electron chi connectivity index (χ1n) is 4.81. The molecule has 0 saturated carbocycles.